The number of hydrogen-bond acceptors (Lipinski definition) is 5. The molecule has 11 nitrogen and oxygen atoms in total. The third kappa shape index (κ3) is 6.75. The van der Waals surface area contributed by atoms with Crippen molar-refractivity contribution in [2.24, 2.45) is 17.6 Å². The van der Waals surface area contributed by atoms with Gasteiger partial charge in [0.25, 0.3) is 5.91 Å². The number of thiol groups is 1. The van der Waals surface area contributed by atoms with Crippen LogP contribution >= 0.6 is 0 Å². The third-order valence-corrected chi connectivity index (χ3v) is 10.6. The van der Waals surface area contributed by atoms with Crippen LogP contribution in [-0.2, 0) is 56.6 Å². The van der Waals surface area contributed by atoms with E-state index in [0.29, 0.717) is 36.5 Å². The van der Waals surface area contributed by atoms with Crippen molar-refractivity contribution >= 4 is 41.6 Å². The van der Waals surface area contributed by atoms with E-state index in [9.17, 15) is 29.4 Å². The zero-order chi connectivity index (χ0) is 32.6. The van der Waals surface area contributed by atoms with E-state index >= 15 is 0 Å². The average molecular weight is 637 g/mol. The maximum Gasteiger partial charge on any atom is 0.303 e. The lowest BCUT2D eigenvalue weighted by Crippen LogP contribution is -2.30. The predicted molar refractivity (Wildman–Crippen MR) is 174 cm³/mol. The molecular weight excluding hydrogens is 594 g/mol. The summed E-state index contributed by atoms with van der Waals surface area (Å²) in [7, 11) is 0. The number of nitrogens with one attached hydrogen (secondary N) is 4. The highest BCUT2D eigenvalue weighted by Gasteiger charge is 2.52. The standard InChI is InChI=1S/C33H41N5O6S/c1-15-19(5-7-29(39)40)25(35-22(15)11-24-17(3)21(9-10-34)33(44)37-24)13-26-20(6-8-30(41)42)16(2)23(36-26)12-27-31(28-14-45-28)18(4)32(43)38-27/h9-10,12,18,24,28,31,35-36H,5-8,11,13-14,34H2,1-4H3,(H,37,44)(H,38,43)(H,39,40)(H,41,42)/p+1/b10-9-,27-12-/t18-,24-,28?,31-/m1/s1. The Morgan fingerprint density at radius 3 is 2.20 bits per heavy atom. The van der Waals surface area contributed by atoms with Crippen molar-refractivity contribution in [1.29, 1.82) is 0 Å². The first kappa shape index (κ1) is 32.2. The van der Waals surface area contributed by atoms with E-state index < -0.39 is 11.9 Å². The van der Waals surface area contributed by atoms with Crippen LogP contribution in [0.5, 0.6) is 0 Å². The highest BCUT2D eigenvalue weighted by atomic mass is 32.2. The van der Waals surface area contributed by atoms with Crippen LogP contribution in [0.25, 0.3) is 6.08 Å². The molecule has 5 heterocycles. The minimum absolute atomic E-state index is 0.0241. The first-order valence-electron chi connectivity index (χ1n) is 15.3. The van der Waals surface area contributed by atoms with Gasteiger partial charge >= 0.3 is 11.9 Å². The summed E-state index contributed by atoms with van der Waals surface area (Å²) >= 11 is 1.36. The van der Waals surface area contributed by atoms with Gasteiger partial charge in [-0.05, 0) is 91.6 Å². The maximum absolute atomic E-state index is 12.6. The van der Waals surface area contributed by atoms with Gasteiger partial charge in [-0.3, -0.25) is 19.2 Å². The second-order valence-corrected chi connectivity index (χ2v) is 13.7. The van der Waals surface area contributed by atoms with Gasteiger partial charge < -0.3 is 36.5 Å². The van der Waals surface area contributed by atoms with Crippen molar-refractivity contribution in [2.75, 3.05) is 5.75 Å². The second kappa shape index (κ2) is 13.0. The molecule has 45 heavy (non-hydrogen) atoms. The number of rotatable bonds is 13. The fourth-order valence-corrected chi connectivity index (χ4v) is 7.75. The number of amides is 2. The van der Waals surface area contributed by atoms with Crippen molar-refractivity contribution in [1.82, 2.24) is 20.6 Å². The van der Waals surface area contributed by atoms with E-state index in [4.69, 9.17) is 5.73 Å². The predicted octanol–water partition coefficient (Wildman–Crippen LogP) is 2.33. The van der Waals surface area contributed by atoms with Gasteiger partial charge in [0.2, 0.25) is 5.91 Å². The Morgan fingerprint density at radius 1 is 0.978 bits per heavy atom. The Hall–Kier alpha value is -4.19. The van der Waals surface area contributed by atoms with Gasteiger partial charge in [-0.2, -0.15) is 0 Å². The Labute approximate surface area is 266 Å². The Balaban J connectivity index is 1.51. The summed E-state index contributed by atoms with van der Waals surface area (Å²) in [5.41, 5.74) is 15.0. The second-order valence-electron chi connectivity index (χ2n) is 12.3. The molecule has 2 amide bonds. The molecule has 0 aromatic carbocycles. The fraction of sp³-hybridized carbons (Fsp3) is 0.455. The molecule has 0 aliphatic carbocycles. The minimum atomic E-state index is -0.896. The van der Waals surface area contributed by atoms with E-state index in [2.05, 4.69) is 20.6 Å². The summed E-state index contributed by atoms with van der Waals surface area (Å²) in [4.78, 5) is 55.4. The molecule has 12 heteroatoms. The van der Waals surface area contributed by atoms with Crippen molar-refractivity contribution in [3.05, 3.63) is 74.1 Å². The number of hydrogen-bond donors (Lipinski definition) is 7. The molecule has 0 spiro atoms. The van der Waals surface area contributed by atoms with Crippen LogP contribution in [0, 0.1) is 25.7 Å². The molecule has 2 saturated heterocycles. The normalized spacial score (nSPS) is 23.8. The summed E-state index contributed by atoms with van der Waals surface area (Å²) < 4.78 is 0. The van der Waals surface area contributed by atoms with Gasteiger partial charge in [-0.1, -0.05) is 6.92 Å². The molecule has 0 bridgehead atoms. The highest BCUT2D eigenvalue weighted by molar-refractivity contribution is 7.86. The highest BCUT2D eigenvalue weighted by Crippen LogP contribution is 2.38. The number of aromatic nitrogens is 2. The van der Waals surface area contributed by atoms with E-state index in [1.165, 1.54) is 18.0 Å². The van der Waals surface area contributed by atoms with Gasteiger partial charge in [0.05, 0.1) is 12.0 Å². The molecule has 240 valence electrons. The quantitative estimate of drug-likeness (QED) is 0.0997. The van der Waals surface area contributed by atoms with Crippen LogP contribution in [0.1, 0.15) is 71.7 Å². The monoisotopic (exact) mass is 636 g/mol. The SMILES string of the molecule is CC1=C(/C=C\N)C(=O)N[C@@H]1Cc1[nH]c(Cc2[nH]c(/C=C3\NC(=O)[C@H](C)[C@H]3C3C[SH+]3)c(C)c2CCC(=O)O)c(CCC(=O)O)c1C. The topological polar surface area (TPSA) is 190 Å². The number of aliphatic carboxylic acids is 2. The first-order chi connectivity index (χ1) is 21.4. The molecule has 0 saturated carbocycles. The van der Waals surface area contributed by atoms with Crippen LogP contribution in [-0.4, -0.2) is 61.0 Å². The summed E-state index contributed by atoms with van der Waals surface area (Å²) in [5.74, 6) is -0.824. The van der Waals surface area contributed by atoms with Crippen LogP contribution in [0.4, 0.5) is 0 Å². The molecule has 2 aromatic rings. The van der Waals surface area contributed by atoms with Gasteiger partial charge in [-0.25, -0.2) is 0 Å². The smallest absolute Gasteiger partial charge is 0.303 e. The van der Waals surface area contributed by atoms with Crippen LogP contribution in [0.2, 0.25) is 0 Å². The zero-order valence-corrected chi connectivity index (χ0v) is 26.9. The fourth-order valence-electron chi connectivity index (χ4n) is 6.76. The van der Waals surface area contributed by atoms with Gasteiger partial charge in [0.15, 0.2) is 11.0 Å². The number of H-pyrrole nitrogens is 2. The number of carboxylic acid groups (broad SMARTS) is 2. The summed E-state index contributed by atoms with van der Waals surface area (Å²) in [6, 6.07) is -0.235. The number of carbonyl (C=O) groups is 4. The van der Waals surface area contributed by atoms with E-state index in [0.717, 1.165) is 62.1 Å². The summed E-state index contributed by atoms with van der Waals surface area (Å²) in [6.45, 7) is 7.80. The molecular formula is C33H42N5O6S+. The van der Waals surface area contributed by atoms with E-state index in [1.807, 2.05) is 33.8 Å². The summed E-state index contributed by atoms with van der Waals surface area (Å²) in [6.07, 6.45) is 6.44. The number of carboxylic acids is 2. The van der Waals surface area contributed by atoms with Crippen LogP contribution < -0.4 is 16.4 Å². The molecule has 8 N–H and O–H groups in total. The lowest BCUT2D eigenvalue weighted by molar-refractivity contribution is -0.138. The first-order valence-corrected chi connectivity index (χ1v) is 16.5. The molecule has 2 fully saturated rings. The van der Waals surface area contributed by atoms with Crippen LogP contribution in [0.3, 0.4) is 0 Å². The molecule has 2 aromatic heterocycles. The average Bonchev–Trinajstić information content (AvgIpc) is 3.56. The lowest BCUT2D eigenvalue weighted by Gasteiger charge is -2.12. The number of nitrogens with two attached hydrogens (primary N) is 1. The minimum Gasteiger partial charge on any atom is -0.481 e. The lowest BCUT2D eigenvalue weighted by atomic mass is 9.91. The van der Waals surface area contributed by atoms with Gasteiger partial charge in [0.1, 0.15) is 0 Å². The van der Waals surface area contributed by atoms with E-state index in [1.54, 1.807) is 6.08 Å². The Kier molecular flexibility index (Phi) is 9.33. The third-order valence-electron chi connectivity index (χ3n) is 9.46. The zero-order valence-electron chi connectivity index (χ0n) is 26.0. The van der Waals surface area contributed by atoms with Crippen molar-refractivity contribution in [2.45, 2.75) is 77.5 Å². The Bertz CT molecular complexity index is 1640. The largest absolute Gasteiger partial charge is 0.481 e. The molecule has 3 aliphatic heterocycles. The number of aromatic amines is 2. The molecule has 3 aliphatic rings. The van der Waals surface area contributed by atoms with Crippen LogP contribution in [0.15, 0.2) is 29.1 Å². The van der Waals surface area contributed by atoms with Crippen molar-refractivity contribution < 1.29 is 29.4 Å². The maximum atomic E-state index is 12.6. The van der Waals surface area contributed by atoms with E-state index in [-0.39, 0.29) is 42.5 Å². The van der Waals surface area contributed by atoms with Crippen molar-refractivity contribution in [3.63, 3.8) is 0 Å². The molecule has 1 unspecified atom stereocenters. The summed E-state index contributed by atoms with van der Waals surface area (Å²) in [5, 5.41) is 25.5. The Morgan fingerprint density at radius 2 is 1.60 bits per heavy atom. The molecule has 5 rings (SSSR count). The van der Waals surface area contributed by atoms with Crippen molar-refractivity contribution in [3.8, 4) is 0 Å². The molecule has 0 radical (unpaired) electrons. The molecule has 4 atom stereocenters. The van der Waals surface area contributed by atoms with Gasteiger partial charge in [0, 0.05) is 65.6 Å². The van der Waals surface area contributed by atoms with Gasteiger partial charge in [-0.15, -0.1) is 0 Å². The number of carbonyl (C=O) groups excluding carboxylic acids is 2. The number of allylic oxidation sites excluding steroid dienone is 1.